The maximum Gasteiger partial charge on any atom is 0.341 e. The number of cyclic esters (lactones) is 1. The minimum atomic E-state index is -0.809. The lowest BCUT2D eigenvalue weighted by atomic mass is 9.83. The number of carbonyl (C=O) groups excluding carboxylic acids is 1. The minimum Gasteiger partial charge on any atom is -0.489 e. The SMILES string of the molecule is CC(C)(C)C1(c2ccc(OCc3ccccc3)cc2)OC(=O)c2ccccc2S1. The predicted octanol–water partition coefficient (Wildman–Crippen LogP) is 6.43. The van der Waals surface area contributed by atoms with E-state index in [1.54, 1.807) is 11.8 Å². The van der Waals surface area contributed by atoms with Gasteiger partial charge >= 0.3 is 5.97 Å². The fraction of sp³-hybridized carbons (Fsp3) is 0.240. The number of hydrogen-bond acceptors (Lipinski definition) is 4. The molecule has 0 fully saturated rings. The molecule has 0 aliphatic carbocycles. The maximum absolute atomic E-state index is 12.8. The summed E-state index contributed by atoms with van der Waals surface area (Å²) in [5, 5.41) is 0. The lowest BCUT2D eigenvalue weighted by Crippen LogP contribution is -2.43. The molecule has 0 saturated carbocycles. The van der Waals surface area contributed by atoms with Crippen LogP contribution in [0.25, 0.3) is 0 Å². The molecule has 3 nitrogen and oxygen atoms in total. The Morgan fingerprint density at radius 2 is 1.55 bits per heavy atom. The third-order valence-electron chi connectivity index (χ3n) is 5.07. The van der Waals surface area contributed by atoms with Crippen LogP contribution in [0.4, 0.5) is 0 Å². The van der Waals surface area contributed by atoms with Crippen LogP contribution in [0.15, 0.2) is 83.8 Å². The first-order valence-corrected chi connectivity index (χ1v) is 10.5. The Bertz CT molecular complexity index is 1010. The molecule has 3 aromatic rings. The number of fused-ring (bicyclic) bond motifs is 1. The molecular formula is C25H24O3S. The van der Waals surface area contributed by atoms with Gasteiger partial charge in [-0.1, -0.05) is 87.1 Å². The maximum atomic E-state index is 12.8. The van der Waals surface area contributed by atoms with Crippen LogP contribution in [0, 0.1) is 5.41 Å². The first-order chi connectivity index (χ1) is 13.9. The van der Waals surface area contributed by atoms with Gasteiger partial charge in [-0.3, -0.25) is 0 Å². The number of ether oxygens (including phenoxy) is 2. The zero-order valence-electron chi connectivity index (χ0n) is 16.8. The predicted molar refractivity (Wildman–Crippen MR) is 116 cm³/mol. The third kappa shape index (κ3) is 3.77. The quantitative estimate of drug-likeness (QED) is 0.470. The second-order valence-electron chi connectivity index (χ2n) is 8.15. The van der Waals surface area contributed by atoms with Crippen molar-refractivity contribution in [1.29, 1.82) is 0 Å². The van der Waals surface area contributed by atoms with Gasteiger partial charge in [0, 0.05) is 15.9 Å². The Morgan fingerprint density at radius 3 is 2.24 bits per heavy atom. The number of benzene rings is 3. The smallest absolute Gasteiger partial charge is 0.341 e. The Labute approximate surface area is 176 Å². The van der Waals surface area contributed by atoms with Gasteiger partial charge in [0.15, 0.2) is 4.93 Å². The molecule has 0 aromatic heterocycles. The number of esters is 1. The molecule has 0 bridgehead atoms. The van der Waals surface area contributed by atoms with E-state index in [9.17, 15) is 4.79 Å². The molecule has 1 aliphatic heterocycles. The summed E-state index contributed by atoms with van der Waals surface area (Å²) >= 11 is 1.60. The van der Waals surface area contributed by atoms with E-state index in [2.05, 4.69) is 20.8 Å². The molecule has 1 aliphatic rings. The van der Waals surface area contributed by atoms with Gasteiger partial charge in [-0.25, -0.2) is 4.79 Å². The topological polar surface area (TPSA) is 35.5 Å². The molecule has 148 valence electrons. The van der Waals surface area contributed by atoms with E-state index in [0.29, 0.717) is 12.2 Å². The van der Waals surface area contributed by atoms with Crippen LogP contribution < -0.4 is 4.74 Å². The molecule has 1 heterocycles. The van der Waals surface area contributed by atoms with Gasteiger partial charge in [-0.05, 0) is 29.8 Å². The average Bonchev–Trinajstić information content (AvgIpc) is 2.72. The molecule has 1 unspecified atom stereocenters. The summed E-state index contributed by atoms with van der Waals surface area (Å²) in [5.41, 5.74) is 2.38. The Kier molecular flexibility index (Phi) is 5.13. The van der Waals surface area contributed by atoms with Crippen LogP contribution in [0.2, 0.25) is 0 Å². The van der Waals surface area contributed by atoms with Crippen LogP contribution in [0.5, 0.6) is 5.75 Å². The molecule has 4 rings (SSSR count). The Hall–Kier alpha value is -2.72. The highest BCUT2D eigenvalue weighted by Gasteiger charge is 2.51. The molecule has 0 saturated heterocycles. The first-order valence-electron chi connectivity index (χ1n) is 9.68. The van der Waals surface area contributed by atoms with Crippen LogP contribution in [-0.2, 0) is 16.3 Å². The van der Waals surface area contributed by atoms with Crippen molar-refractivity contribution in [1.82, 2.24) is 0 Å². The fourth-order valence-electron chi connectivity index (χ4n) is 3.45. The molecule has 0 radical (unpaired) electrons. The summed E-state index contributed by atoms with van der Waals surface area (Å²) in [4.78, 5) is 12.9. The van der Waals surface area contributed by atoms with Gasteiger partial charge in [0.25, 0.3) is 0 Å². The van der Waals surface area contributed by atoms with E-state index in [0.717, 1.165) is 21.8 Å². The van der Waals surface area contributed by atoms with E-state index in [1.165, 1.54) is 0 Å². The summed E-state index contributed by atoms with van der Waals surface area (Å²) in [6.45, 7) is 6.81. The summed E-state index contributed by atoms with van der Waals surface area (Å²) in [6.07, 6.45) is 0. The van der Waals surface area contributed by atoms with Gasteiger partial charge in [0.05, 0.1) is 5.56 Å². The second kappa shape index (κ2) is 7.60. The monoisotopic (exact) mass is 404 g/mol. The highest BCUT2D eigenvalue weighted by Crippen LogP contribution is 2.57. The van der Waals surface area contributed by atoms with E-state index in [1.807, 2.05) is 78.9 Å². The van der Waals surface area contributed by atoms with Crippen LogP contribution in [0.3, 0.4) is 0 Å². The first kappa shape index (κ1) is 19.6. The Morgan fingerprint density at radius 1 is 0.897 bits per heavy atom. The largest absolute Gasteiger partial charge is 0.489 e. The van der Waals surface area contributed by atoms with Crippen molar-refractivity contribution < 1.29 is 14.3 Å². The summed E-state index contributed by atoms with van der Waals surface area (Å²) in [5.74, 6) is 0.507. The van der Waals surface area contributed by atoms with Crippen molar-refractivity contribution >= 4 is 17.7 Å². The molecule has 0 N–H and O–H groups in total. The van der Waals surface area contributed by atoms with Crippen LogP contribution in [-0.4, -0.2) is 5.97 Å². The van der Waals surface area contributed by atoms with E-state index in [4.69, 9.17) is 9.47 Å². The van der Waals surface area contributed by atoms with Gasteiger partial charge in [-0.15, -0.1) is 0 Å². The lowest BCUT2D eigenvalue weighted by Gasteiger charge is -2.46. The van der Waals surface area contributed by atoms with E-state index < -0.39 is 4.93 Å². The lowest BCUT2D eigenvalue weighted by molar-refractivity contribution is -0.0273. The molecule has 0 amide bonds. The van der Waals surface area contributed by atoms with Crippen molar-refractivity contribution in [3.05, 3.63) is 95.6 Å². The van der Waals surface area contributed by atoms with Crippen LogP contribution in [0.1, 0.15) is 42.3 Å². The number of thioether (sulfide) groups is 1. The highest BCUT2D eigenvalue weighted by atomic mass is 32.2. The fourth-order valence-corrected chi connectivity index (χ4v) is 4.85. The minimum absolute atomic E-state index is 0.279. The Balaban J connectivity index is 1.63. The molecule has 4 heteroatoms. The summed E-state index contributed by atoms with van der Waals surface area (Å²) < 4.78 is 12.0. The summed E-state index contributed by atoms with van der Waals surface area (Å²) in [6, 6.07) is 25.6. The number of rotatable bonds is 4. The van der Waals surface area contributed by atoms with Crippen LogP contribution >= 0.6 is 11.8 Å². The second-order valence-corrected chi connectivity index (χ2v) is 9.37. The zero-order chi connectivity index (χ0) is 20.5. The van der Waals surface area contributed by atoms with Crippen molar-refractivity contribution in [3.8, 4) is 5.75 Å². The van der Waals surface area contributed by atoms with E-state index >= 15 is 0 Å². The van der Waals surface area contributed by atoms with Gasteiger partial charge in [-0.2, -0.15) is 0 Å². The van der Waals surface area contributed by atoms with Crippen molar-refractivity contribution in [3.63, 3.8) is 0 Å². The normalized spacial score (nSPS) is 18.7. The standard InChI is InChI=1S/C25H24O3S/c1-24(2,3)25(28-23(26)21-11-7-8-12-22(21)29-25)19-13-15-20(16-14-19)27-17-18-9-5-4-6-10-18/h4-16H,17H2,1-3H3. The third-order valence-corrected chi connectivity index (χ3v) is 6.86. The number of hydrogen-bond donors (Lipinski definition) is 0. The van der Waals surface area contributed by atoms with E-state index in [-0.39, 0.29) is 11.4 Å². The average molecular weight is 405 g/mol. The van der Waals surface area contributed by atoms with Gasteiger partial charge in [0.1, 0.15) is 12.4 Å². The van der Waals surface area contributed by atoms with Crippen molar-refractivity contribution in [2.75, 3.05) is 0 Å². The van der Waals surface area contributed by atoms with Gasteiger partial charge in [0.2, 0.25) is 0 Å². The molecule has 1 atom stereocenters. The molecule has 29 heavy (non-hydrogen) atoms. The van der Waals surface area contributed by atoms with Crippen molar-refractivity contribution in [2.24, 2.45) is 5.41 Å². The zero-order valence-corrected chi connectivity index (χ0v) is 17.7. The summed E-state index contributed by atoms with van der Waals surface area (Å²) in [7, 11) is 0. The molecular weight excluding hydrogens is 380 g/mol. The van der Waals surface area contributed by atoms with Crippen molar-refractivity contribution in [2.45, 2.75) is 37.2 Å². The number of carbonyl (C=O) groups is 1. The highest BCUT2D eigenvalue weighted by molar-refractivity contribution is 8.00. The molecule has 0 spiro atoms. The molecule has 3 aromatic carbocycles. The van der Waals surface area contributed by atoms with Gasteiger partial charge < -0.3 is 9.47 Å².